The first-order chi connectivity index (χ1) is 12.4. The Hall–Kier alpha value is -2.89. The average Bonchev–Trinajstić information content (AvgIpc) is 3.03. The van der Waals surface area contributed by atoms with Gasteiger partial charge in [-0.05, 0) is 49.6 Å². The SMILES string of the molecule is CC(=O)N1CCc2cc(C(=O)NCc3ccc(OC(C)C)nc3)ccc21. The highest BCUT2D eigenvalue weighted by atomic mass is 16.5. The van der Waals surface area contributed by atoms with Crippen molar-refractivity contribution >= 4 is 17.5 Å². The minimum Gasteiger partial charge on any atom is -0.475 e. The fourth-order valence-electron chi connectivity index (χ4n) is 2.98. The summed E-state index contributed by atoms with van der Waals surface area (Å²) < 4.78 is 5.51. The maximum absolute atomic E-state index is 12.4. The Labute approximate surface area is 153 Å². The maximum Gasteiger partial charge on any atom is 0.251 e. The number of fused-ring (bicyclic) bond motifs is 1. The van der Waals surface area contributed by atoms with E-state index >= 15 is 0 Å². The number of amides is 2. The second kappa shape index (κ2) is 7.56. The molecule has 2 heterocycles. The molecular formula is C20H23N3O3. The minimum absolute atomic E-state index is 0.0262. The van der Waals surface area contributed by atoms with Gasteiger partial charge in [0.2, 0.25) is 11.8 Å². The third-order valence-corrected chi connectivity index (χ3v) is 4.22. The zero-order valence-corrected chi connectivity index (χ0v) is 15.3. The lowest BCUT2D eigenvalue weighted by atomic mass is 10.1. The van der Waals surface area contributed by atoms with Crippen LogP contribution in [0, 0.1) is 0 Å². The molecule has 136 valence electrons. The lowest BCUT2D eigenvalue weighted by Gasteiger charge is -2.14. The smallest absolute Gasteiger partial charge is 0.251 e. The Kier molecular flexibility index (Phi) is 5.21. The first kappa shape index (κ1) is 17.9. The van der Waals surface area contributed by atoms with E-state index in [9.17, 15) is 9.59 Å². The van der Waals surface area contributed by atoms with Crippen molar-refractivity contribution in [3.05, 3.63) is 53.2 Å². The van der Waals surface area contributed by atoms with E-state index < -0.39 is 0 Å². The summed E-state index contributed by atoms with van der Waals surface area (Å²) in [6.45, 7) is 6.52. The highest BCUT2D eigenvalue weighted by Gasteiger charge is 2.23. The number of hydrogen-bond acceptors (Lipinski definition) is 4. The summed E-state index contributed by atoms with van der Waals surface area (Å²) >= 11 is 0. The van der Waals surface area contributed by atoms with Crippen LogP contribution >= 0.6 is 0 Å². The van der Waals surface area contributed by atoms with Gasteiger partial charge in [0.1, 0.15) is 0 Å². The highest BCUT2D eigenvalue weighted by molar-refractivity contribution is 5.97. The van der Waals surface area contributed by atoms with Crippen LogP contribution in [0.25, 0.3) is 0 Å². The fraction of sp³-hybridized carbons (Fsp3) is 0.350. The highest BCUT2D eigenvalue weighted by Crippen LogP contribution is 2.28. The molecule has 6 nitrogen and oxygen atoms in total. The second-order valence-electron chi connectivity index (χ2n) is 6.62. The van der Waals surface area contributed by atoms with Crippen LogP contribution in [0.1, 0.15) is 42.3 Å². The van der Waals surface area contributed by atoms with E-state index in [1.54, 1.807) is 30.2 Å². The first-order valence-corrected chi connectivity index (χ1v) is 8.75. The zero-order chi connectivity index (χ0) is 18.7. The molecule has 1 aliphatic rings. The summed E-state index contributed by atoms with van der Waals surface area (Å²) in [5, 5.41) is 2.90. The van der Waals surface area contributed by atoms with Crippen LogP contribution < -0.4 is 15.0 Å². The number of nitrogens with one attached hydrogen (secondary N) is 1. The van der Waals surface area contributed by atoms with Crippen LogP contribution in [0.15, 0.2) is 36.5 Å². The van der Waals surface area contributed by atoms with E-state index in [2.05, 4.69) is 10.3 Å². The summed E-state index contributed by atoms with van der Waals surface area (Å²) in [7, 11) is 0. The quantitative estimate of drug-likeness (QED) is 0.897. The van der Waals surface area contributed by atoms with Crippen LogP contribution in [0.3, 0.4) is 0 Å². The molecule has 1 aliphatic heterocycles. The van der Waals surface area contributed by atoms with Crippen LogP contribution in [-0.2, 0) is 17.8 Å². The zero-order valence-electron chi connectivity index (χ0n) is 15.3. The molecule has 0 bridgehead atoms. The fourth-order valence-corrected chi connectivity index (χ4v) is 2.98. The van der Waals surface area contributed by atoms with Crippen molar-refractivity contribution in [2.45, 2.75) is 39.8 Å². The molecule has 0 spiro atoms. The van der Waals surface area contributed by atoms with Gasteiger partial charge in [-0.15, -0.1) is 0 Å². The van der Waals surface area contributed by atoms with E-state index in [1.807, 2.05) is 32.0 Å². The van der Waals surface area contributed by atoms with Gasteiger partial charge in [-0.2, -0.15) is 0 Å². The monoisotopic (exact) mass is 353 g/mol. The first-order valence-electron chi connectivity index (χ1n) is 8.75. The van der Waals surface area contributed by atoms with E-state index in [0.29, 0.717) is 24.5 Å². The molecule has 1 aromatic carbocycles. The van der Waals surface area contributed by atoms with Gasteiger partial charge in [-0.25, -0.2) is 4.98 Å². The molecule has 0 aliphatic carbocycles. The molecule has 3 rings (SSSR count). The van der Waals surface area contributed by atoms with Crippen molar-refractivity contribution in [2.24, 2.45) is 0 Å². The van der Waals surface area contributed by atoms with Gasteiger partial charge >= 0.3 is 0 Å². The van der Waals surface area contributed by atoms with Crippen molar-refractivity contribution in [3.8, 4) is 5.88 Å². The van der Waals surface area contributed by atoms with Crippen molar-refractivity contribution < 1.29 is 14.3 Å². The number of pyridine rings is 1. The Morgan fingerprint density at radius 2 is 2.08 bits per heavy atom. The van der Waals surface area contributed by atoms with Gasteiger partial charge in [0.05, 0.1) is 6.10 Å². The molecule has 0 saturated heterocycles. The van der Waals surface area contributed by atoms with Crippen LogP contribution in [0.2, 0.25) is 0 Å². The normalized spacial score (nSPS) is 12.8. The summed E-state index contributed by atoms with van der Waals surface area (Å²) in [5.74, 6) is 0.457. The van der Waals surface area contributed by atoms with Crippen molar-refractivity contribution in [2.75, 3.05) is 11.4 Å². The standard InChI is InChI=1S/C20H23N3O3/c1-13(2)26-19-7-4-15(11-21-19)12-22-20(25)17-5-6-18-16(10-17)8-9-23(18)14(3)24/h4-7,10-11,13H,8-9,12H2,1-3H3,(H,22,25). The summed E-state index contributed by atoms with van der Waals surface area (Å²) in [6, 6.07) is 9.16. The number of aromatic nitrogens is 1. The summed E-state index contributed by atoms with van der Waals surface area (Å²) in [5.41, 5.74) is 3.43. The number of carbonyl (C=O) groups excluding carboxylic acids is 2. The molecule has 6 heteroatoms. The molecule has 1 N–H and O–H groups in total. The number of benzene rings is 1. The molecule has 0 atom stereocenters. The molecule has 0 radical (unpaired) electrons. The molecule has 2 amide bonds. The molecule has 1 aromatic heterocycles. The maximum atomic E-state index is 12.4. The predicted octanol–water partition coefficient (Wildman–Crippen LogP) is 2.71. The molecule has 0 unspecified atom stereocenters. The minimum atomic E-state index is -0.142. The Balaban J connectivity index is 1.61. The van der Waals surface area contributed by atoms with E-state index in [-0.39, 0.29) is 17.9 Å². The predicted molar refractivity (Wildman–Crippen MR) is 99.3 cm³/mol. The van der Waals surface area contributed by atoms with E-state index in [0.717, 1.165) is 23.2 Å². The van der Waals surface area contributed by atoms with Crippen LogP contribution in [0.4, 0.5) is 5.69 Å². The van der Waals surface area contributed by atoms with Crippen LogP contribution in [0.5, 0.6) is 5.88 Å². The summed E-state index contributed by atoms with van der Waals surface area (Å²) in [6.07, 6.45) is 2.55. The lowest BCUT2D eigenvalue weighted by Crippen LogP contribution is -2.26. The van der Waals surface area contributed by atoms with Gasteiger partial charge in [0.15, 0.2) is 0 Å². The van der Waals surface area contributed by atoms with Crippen molar-refractivity contribution in [3.63, 3.8) is 0 Å². The van der Waals surface area contributed by atoms with E-state index in [4.69, 9.17) is 4.74 Å². The van der Waals surface area contributed by atoms with Gasteiger partial charge in [-0.3, -0.25) is 9.59 Å². The third kappa shape index (κ3) is 4.02. The molecule has 2 aromatic rings. The largest absolute Gasteiger partial charge is 0.475 e. The number of nitrogens with zero attached hydrogens (tertiary/aromatic N) is 2. The van der Waals surface area contributed by atoms with E-state index in [1.165, 1.54) is 0 Å². The third-order valence-electron chi connectivity index (χ3n) is 4.22. The molecule has 0 fully saturated rings. The Morgan fingerprint density at radius 3 is 2.73 bits per heavy atom. The Morgan fingerprint density at radius 1 is 1.27 bits per heavy atom. The number of carbonyl (C=O) groups is 2. The van der Waals surface area contributed by atoms with Gasteiger partial charge in [0, 0.05) is 43.5 Å². The number of anilines is 1. The molecular weight excluding hydrogens is 330 g/mol. The van der Waals surface area contributed by atoms with Crippen LogP contribution in [-0.4, -0.2) is 29.4 Å². The second-order valence-corrected chi connectivity index (χ2v) is 6.62. The Bertz CT molecular complexity index is 816. The van der Waals surface area contributed by atoms with Gasteiger partial charge in [-0.1, -0.05) is 6.07 Å². The molecule has 0 saturated carbocycles. The van der Waals surface area contributed by atoms with Crippen molar-refractivity contribution in [1.29, 1.82) is 0 Å². The topological polar surface area (TPSA) is 71.5 Å². The van der Waals surface area contributed by atoms with Gasteiger partial charge in [0.25, 0.3) is 5.91 Å². The van der Waals surface area contributed by atoms with Crippen molar-refractivity contribution in [1.82, 2.24) is 10.3 Å². The number of ether oxygens (including phenoxy) is 1. The summed E-state index contributed by atoms with van der Waals surface area (Å²) in [4.78, 5) is 30.0. The molecule has 26 heavy (non-hydrogen) atoms. The average molecular weight is 353 g/mol. The number of hydrogen-bond donors (Lipinski definition) is 1. The lowest BCUT2D eigenvalue weighted by molar-refractivity contribution is -0.116. The van der Waals surface area contributed by atoms with Gasteiger partial charge < -0.3 is 15.0 Å². The number of rotatable bonds is 5.